The van der Waals surface area contributed by atoms with E-state index in [1.165, 1.54) is 42.4 Å². The molecule has 0 radical (unpaired) electrons. The largest absolute Gasteiger partial charge is 0.353 e. The first-order chi connectivity index (χ1) is 12.5. The molecule has 2 amide bonds. The Morgan fingerprint density at radius 3 is 2.85 bits per heavy atom. The van der Waals surface area contributed by atoms with E-state index >= 15 is 0 Å². The summed E-state index contributed by atoms with van der Waals surface area (Å²) in [6, 6.07) is 6.31. The lowest BCUT2D eigenvalue weighted by Crippen LogP contribution is -2.37. The molecule has 1 fully saturated rings. The number of amides is 2. The number of hydrogen-bond donors (Lipinski definition) is 1. The van der Waals surface area contributed by atoms with Crippen LogP contribution < -0.4 is 10.1 Å². The van der Waals surface area contributed by atoms with Crippen LogP contribution in [0.25, 0.3) is 10.2 Å². The molecule has 1 aliphatic carbocycles. The summed E-state index contributed by atoms with van der Waals surface area (Å²) in [5.41, 5.74) is 1.05. The van der Waals surface area contributed by atoms with Gasteiger partial charge in [0.25, 0.3) is 5.91 Å². The van der Waals surface area contributed by atoms with Crippen LogP contribution in [0.3, 0.4) is 0 Å². The predicted molar refractivity (Wildman–Crippen MR) is 111 cm³/mol. The van der Waals surface area contributed by atoms with Gasteiger partial charge < -0.3 is 9.88 Å². The smallest absolute Gasteiger partial charge is 0.258 e. The molecule has 0 saturated heterocycles. The van der Waals surface area contributed by atoms with Crippen LogP contribution >= 0.6 is 39.0 Å². The molecule has 1 aliphatic rings. The second-order valence-corrected chi connectivity index (χ2v) is 9.37. The maximum Gasteiger partial charge on any atom is 0.258 e. The number of carbonyl (C=O) groups excluding carboxylic acids is 2. The van der Waals surface area contributed by atoms with Crippen LogP contribution in [0, 0.1) is 0 Å². The summed E-state index contributed by atoms with van der Waals surface area (Å²) >= 11 is 6.27. The van der Waals surface area contributed by atoms with Crippen LogP contribution in [0.15, 0.2) is 27.7 Å². The first-order valence-electron chi connectivity index (χ1n) is 8.72. The van der Waals surface area contributed by atoms with Crippen molar-refractivity contribution in [3.63, 3.8) is 0 Å². The zero-order chi connectivity index (χ0) is 18.5. The number of thioether (sulfide) groups is 1. The fourth-order valence-electron chi connectivity index (χ4n) is 3.10. The van der Waals surface area contributed by atoms with E-state index in [1.807, 2.05) is 29.8 Å². The number of carbonyl (C=O) groups is 2. The summed E-state index contributed by atoms with van der Waals surface area (Å²) in [6.07, 6.45) is 5.80. The Kier molecular flexibility index (Phi) is 6.94. The van der Waals surface area contributed by atoms with Gasteiger partial charge in [0.1, 0.15) is 0 Å². The van der Waals surface area contributed by atoms with Crippen molar-refractivity contribution in [1.29, 1.82) is 0 Å². The number of fused-ring (bicyclic) bond motifs is 1. The van der Waals surface area contributed by atoms with Crippen LogP contribution in [0.5, 0.6) is 0 Å². The third kappa shape index (κ3) is 5.20. The second kappa shape index (κ2) is 9.19. The number of halogens is 1. The first-order valence-corrected chi connectivity index (χ1v) is 11.5. The van der Waals surface area contributed by atoms with Crippen molar-refractivity contribution in [2.45, 2.75) is 38.1 Å². The average molecular weight is 456 g/mol. The van der Waals surface area contributed by atoms with Crippen LogP contribution in [-0.4, -0.2) is 33.9 Å². The summed E-state index contributed by atoms with van der Waals surface area (Å²) in [4.78, 5) is 29.0. The quantitative estimate of drug-likeness (QED) is 0.748. The van der Waals surface area contributed by atoms with Crippen molar-refractivity contribution in [3.05, 3.63) is 27.5 Å². The Morgan fingerprint density at radius 1 is 1.31 bits per heavy atom. The first kappa shape index (κ1) is 19.6. The minimum Gasteiger partial charge on any atom is -0.353 e. The molecule has 1 aromatic heterocycles. The van der Waals surface area contributed by atoms with Crippen molar-refractivity contribution in [2.24, 2.45) is 12.0 Å². The highest BCUT2D eigenvalue weighted by molar-refractivity contribution is 9.10. The molecule has 140 valence electrons. The van der Waals surface area contributed by atoms with Gasteiger partial charge in [-0.2, -0.15) is 4.99 Å². The lowest BCUT2D eigenvalue weighted by molar-refractivity contribution is -0.119. The molecule has 1 heterocycles. The monoisotopic (exact) mass is 455 g/mol. The van der Waals surface area contributed by atoms with E-state index < -0.39 is 0 Å². The highest BCUT2D eigenvalue weighted by Crippen LogP contribution is 2.21. The van der Waals surface area contributed by atoms with Crippen molar-refractivity contribution in [3.8, 4) is 0 Å². The molecule has 8 heteroatoms. The molecular formula is C18H22BrN3O2S2. The number of aromatic nitrogens is 1. The van der Waals surface area contributed by atoms with Gasteiger partial charge in [-0.25, -0.2) is 0 Å². The molecule has 26 heavy (non-hydrogen) atoms. The van der Waals surface area contributed by atoms with Crippen LogP contribution in [-0.2, 0) is 16.6 Å². The highest BCUT2D eigenvalue weighted by atomic mass is 79.9. The van der Waals surface area contributed by atoms with E-state index in [1.54, 1.807) is 0 Å². The molecule has 0 unspecified atom stereocenters. The topological polar surface area (TPSA) is 63.5 Å². The molecule has 0 bridgehead atoms. The summed E-state index contributed by atoms with van der Waals surface area (Å²) in [7, 11) is 1.91. The van der Waals surface area contributed by atoms with Gasteiger partial charge in [0, 0.05) is 17.6 Å². The van der Waals surface area contributed by atoms with Crippen molar-refractivity contribution >= 4 is 61.1 Å². The Morgan fingerprint density at radius 2 is 2.08 bits per heavy atom. The second-order valence-electron chi connectivity index (χ2n) is 6.46. The average Bonchev–Trinajstić information content (AvgIpc) is 2.90. The Bertz CT molecular complexity index is 869. The maximum absolute atomic E-state index is 12.1. The Hall–Kier alpha value is -1.12. The standard InChI is InChI=1S/C18H22BrN3O2S2/c1-22-14-8-7-12(19)9-15(14)26-18(22)21-17(24)11-25-10-16(23)20-13-5-3-2-4-6-13/h7-9,13H,2-6,10-11H2,1H3,(H,20,23). The molecule has 0 atom stereocenters. The van der Waals surface area contributed by atoms with Crippen molar-refractivity contribution < 1.29 is 9.59 Å². The van der Waals surface area contributed by atoms with E-state index in [4.69, 9.17) is 0 Å². The molecule has 2 aromatic rings. The third-order valence-electron chi connectivity index (χ3n) is 4.42. The highest BCUT2D eigenvalue weighted by Gasteiger charge is 2.15. The van der Waals surface area contributed by atoms with Gasteiger partial charge in [-0.3, -0.25) is 9.59 Å². The van der Waals surface area contributed by atoms with E-state index in [0.717, 1.165) is 27.5 Å². The van der Waals surface area contributed by atoms with E-state index in [0.29, 0.717) is 16.6 Å². The number of hydrogen-bond acceptors (Lipinski definition) is 4. The van der Waals surface area contributed by atoms with Gasteiger partial charge in [-0.05, 0) is 31.0 Å². The molecular weight excluding hydrogens is 434 g/mol. The number of benzene rings is 1. The minimum absolute atomic E-state index is 0.0203. The molecule has 0 spiro atoms. The van der Waals surface area contributed by atoms with Gasteiger partial charge in [-0.1, -0.05) is 46.5 Å². The van der Waals surface area contributed by atoms with E-state index in [9.17, 15) is 9.59 Å². The molecule has 3 rings (SSSR count). The Labute approximate surface area is 169 Å². The SMILES string of the molecule is Cn1c(=NC(=O)CSCC(=O)NC2CCCCC2)sc2cc(Br)ccc21. The molecule has 5 nitrogen and oxygen atoms in total. The number of aryl methyl sites for hydroxylation is 1. The summed E-state index contributed by atoms with van der Waals surface area (Å²) in [6.45, 7) is 0. The summed E-state index contributed by atoms with van der Waals surface area (Å²) < 4.78 is 4.00. The zero-order valence-corrected chi connectivity index (χ0v) is 17.9. The maximum atomic E-state index is 12.1. The van der Waals surface area contributed by atoms with Crippen LogP contribution in [0.1, 0.15) is 32.1 Å². The van der Waals surface area contributed by atoms with Crippen molar-refractivity contribution in [2.75, 3.05) is 11.5 Å². The summed E-state index contributed by atoms with van der Waals surface area (Å²) in [5.74, 6) is 0.341. The Balaban J connectivity index is 1.53. The lowest BCUT2D eigenvalue weighted by atomic mass is 9.95. The number of nitrogens with one attached hydrogen (secondary N) is 1. The molecule has 1 saturated carbocycles. The normalized spacial score (nSPS) is 16.2. The van der Waals surface area contributed by atoms with E-state index in [-0.39, 0.29) is 17.6 Å². The third-order valence-corrected chi connectivity index (χ3v) is 6.93. The fourth-order valence-corrected chi connectivity index (χ4v) is 5.30. The van der Waals surface area contributed by atoms with Gasteiger partial charge in [0.05, 0.1) is 21.7 Å². The molecule has 0 aliphatic heterocycles. The predicted octanol–water partition coefficient (Wildman–Crippen LogP) is 3.61. The number of nitrogens with zero attached hydrogens (tertiary/aromatic N) is 2. The minimum atomic E-state index is -0.207. The number of thiazole rings is 1. The van der Waals surface area contributed by atoms with Gasteiger partial charge in [-0.15, -0.1) is 11.8 Å². The molecule has 1 N–H and O–H groups in total. The van der Waals surface area contributed by atoms with E-state index in [2.05, 4.69) is 26.2 Å². The van der Waals surface area contributed by atoms with Gasteiger partial charge >= 0.3 is 0 Å². The zero-order valence-electron chi connectivity index (χ0n) is 14.7. The van der Waals surface area contributed by atoms with Crippen LogP contribution in [0.2, 0.25) is 0 Å². The summed E-state index contributed by atoms with van der Waals surface area (Å²) in [5, 5.41) is 3.07. The van der Waals surface area contributed by atoms with Gasteiger partial charge in [0.15, 0.2) is 4.80 Å². The van der Waals surface area contributed by atoms with Gasteiger partial charge in [0.2, 0.25) is 5.91 Å². The van der Waals surface area contributed by atoms with Crippen molar-refractivity contribution in [1.82, 2.24) is 9.88 Å². The molecule has 1 aromatic carbocycles. The number of rotatable bonds is 5. The van der Waals surface area contributed by atoms with Crippen LogP contribution in [0.4, 0.5) is 0 Å². The lowest BCUT2D eigenvalue weighted by Gasteiger charge is -2.22. The fraction of sp³-hybridized carbons (Fsp3) is 0.500.